The van der Waals surface area contributed by atoms with Crippen molar-refractivity contribution in [2.45, 2.75) is 36.4 Å². The van der Waals surface area contributed by atoms with Crippen LogP contribution < -0.4 is 11.5 Å². The highest BCUT2D eigenvalue weighted by atomic mass is 32.2. The van der Waals surface area contributed by atoms with Gasteiger partial charge < -0.3 is 16.2 Å². The molecule has 0 saturated carbocycles. The lowest BCUT2D eigenvalue weighted by Gasteiger charge is -2.14. The Morgan fingerprint density at radius 2 is 2.08 bits per heavy atom. The number of thioether (sulfide) groups is 1. The average Bonchev–Trinajstić information content (AvgIpc) is 3.35. The van der Waals surface area contributed by atoms with Gasteiger partial charge in [-0.2, -0.15) is 15.0 Å². The normalized spacial score (nSPS) is 17.0. The van der Waals surface area contributed by atoms with Gasteiger partial charge in [-0.3, -0.25) is 4.57 Å². The largest absolute Gasteiger partial charge is 0.376 e. The molecule has 1 unspecified atom stereocenters. The molecule has 1 aliphatic rings. The highest BCUT2D eigenvalue weighted by Gasteiger charge is 2.22. The summed E-state index contributed by atoms with van der Waals surface area (Å²) in [6.07, 6.45) is 2.33. The summed E-state index contributed by atoms with van der Waals surface area (Å²) in [5.74, 6) is 2.09. The second-order valence-electron chi connectivity index (χ2n) is 5.79. The van der Waals surface area contributed by atoms with Crippen LogP contribution in [0.25, 0.3) is 10.7 Å². The third-order valence-electron chi connectivity index (χ3n) is 3.92. The monoisotopic (exact) mass is 390 g/mol. The molecule has 0 aliphatic carbocycles. The molecule has 4 heterocycles. The lowest BCUT2D eigenvalue weighted by molar-refractivity contribution is 0.0953. The SMILES string of the molecule is Nc1nc(N)nc(CSc2nnc(-c3cccs3)n2CC2CCCO2)n1. The van der Waals surface area contributed by atoms with Crippen LogP contribution in [-0.4, -0.2) is 42.4 Å². The molecule has 4 N–H and O–H groups in total. The number of rotatable bonds is 6. The van der Waals surface area contributed by atoms with E-state index >= 15 is 0 Å². The van der Waals surface area contributed by atoms with Crippen molar-refractivity contribution < 1.29 is 4.74 Å². The van der Waals surface area contributed by atoms with E-state index in [0.717, 1.165) is 41.9 Å². The number of anilines is 2. The van der Waals surface area contributed by atoms with E-state index in [-0.39, 0.29) is 18.0 Å². The van der Waals surface area contributed by atoms with E-state index in [1.54, 1.807) is 11.3 Å². The first-order chi connectivity index (χ1) is 12.7. The summed E-state index contributed by atoms with van der Waals surface area (Å²) >= 11 is 3.13. The highest BCUT2D eigenvalue weighted by Crippen LogP contribution is 2.30. The molecule has 26 heavy (non-hydrogen) atoms. The Morgan fingerprint density at radius 3 is 2.77 bits per heavy atom. The van der Waals surface area contributed by atoms with Crippen molar-refractivity contribution in [1.29, 1.82) is 0 Å². The number of hydrogen-bond acceptors (Lipinski definition) is 10. The minimum atomic E-state index is 0.119. The zero-order valence-electron chi connectivity index (χ0n) is 13.9. The minimum absolute atomic E-state index is 0.119. The maximum absolute atomic E-state index is 5.80. The fourth-order valence-corrected chi connectivity index (χ4v) is 4.31. The molecule has 1 aliphatic heterocycles. The molecule has 0 amide bonds. The van der Waals surface area contributed by atoms with Crippen LogP contribution >= 0.6 is 23.1 Å². The molecule has 1 fully saturated rings. The van der Waals surface area contributed by atoms with Gasteiger partial charge in [0.25, 0.3) is 0 Å². The predicted molar refractivity (Wildman–Crippen MR) is 101 cm³/mol. The molecule has 9 nitrogen and oxygen atoms in total. The quantitative estimate of drug-likeness (QED) is 0.605. The Balaban J connectivity index is 1.58. The van der Waals surface area contributed by atoms with Crippen LogP contribution in [0.4, 0.5) is 11.9 Å². The summed E-state index contributed by atoms with van der Waals surface area (Å²) in [4.78, 5) is 13.1. The zero-order chi connectivity index (χ0) is 17.9. The summed E-state index contributed by atoms with van der Waals surface area (Å²) in [5.41, 5.74) is 11.3. The molecule has 1 saturated heterocycles. The number of nitrogens with zero attached hydrogens (tertiary/aromatic N) is 6. The minimum Gasteiger partial charge on any atom is -0.376 e. The van der Waals surface area contributed by atoms with Gasteiger partial charge in [0.15, 0.2) is 11.0 Å². The smallest absolute Gasteiger partial charge is 0.225 e. The number of nitrogen functional groups attached to an aromatic ring is 2. The van der Waals surface area contributed by atoms with Crippen molar-refractivity contribution in [2.24, 2.45) is 0 Å². The van der Waals surface area contributed by atoms with Crippen molar-refractivity contribution in [3.05, 3.63) is 23.3 Å². The fraction of sp³-hybridized carbons (Fsp3) is 0.400. The van der Waals surface area contributed by atoms with Gasteiger partial charge >= 0.3 is 0 Å². The Labute approximate surface area is 158 Å². The van der Waals surface area contributed by atoms with Gasteiger partial charge in [0.05, 0.1) is 23.3 Å². The second-order valence-corrected chi connectivity index (χ2v) is 7.68. The van der Waals surface area contributed by atoms with E-state index in [1.165, 1.54) is 11.8 Å². The summed E-state index contributed by atoms with van der Waals surface area (Å²) in [7, 11) is 0. The highest BCUT2D eigenvalue weighted by molar-refractivity contribution is 7.98. The maximum atomic E-state index is 5.80. The van der Waals surface area contributed by atoms with Crippen LogP contribution in [0.1, 0.15) is 18.7 Å². The molecule has 3 aromatic heterocycles. The van der Waals surface area contributed by atoms with Crippen molar-refractivity contribution >= 4 is 35.0 Å². The van der Waals surface area contributed by atoms with Gasteiger partial charge in [-0.1, -0.05) is 17.8 Å². The molecule has 1 atom stereocenters. The van der Waals surface area contributed by atoms with E-state index < -0.39 is 0 Å². The van der Waals surface area contributed by atoms with Crippen LogP contribution in [0.3, 0.4) is 0 Å². The molecule has 11 heteroatoms. The first-order valence-corrected chi connectivity index (χ1v) is 10.0. The summed E-state index contributed by atoms with van der Waals surface area (Å²) in [6.45, 7) is 1.54. The number of aromatic nitrogens is 6. The first kappa shape index (κ1) is 17.2. The van der Waals surface area contributed by atoms with E-state index in [4.69, 9.17) is 16.2 Å². The van der Waals surface area contributed by atoms with Gasteiger partial charge in [-0.05, 0) is 24.3 Å². The van der Waals surface area contributed by atoms with Crippen molar-refractivity contribution in [2.75, 3.05) is 18.1 Å². The van der Waals surface area contributed by atoms with Gasteiger partial charge in [-0.25, -0.2) is 0 Å². The first-order valence-electron chi connectivity index (χ1n) is 8.16. The zero-order valence-corrected chi connectivity index (χ0v) is 15.5. The van der Waals surface area contributed by atoms with Crippen LogP contribution in [0.2, 0.25) is 0 Å². The van der Waals surface area contributed by atoms with Crippen molar-refractivity contribution in [3.63, 3.8) is 0 Å². The van der Waals surface area contributed by atoms with Gasteiger partial charge in [0.1, 0.15) is 5.82 Å². The lowest BCUT2D eigenvalue weighted by Crippen LogP contribution is -2.16. The second kappa shape index (κ2) is 7.56. The van der Waals surface area contributed by atoms with Crippen LogP contribution in [-0.2, 0) is 17.0 Å². The molecule has 3 aromatic rings. The average molecular weight is 390 g/mol. The number of thiophene rings is 1. The molecular weight excluding hydrogens is 372 g/mol. The Bertz CT molecular complexity index is 856. The standard InChI is InChI=1S/C15H18N8OS2/c16-13-18-11(19-14(17)20-13)8-26-15-22-21-12(10-4-2-6-25-10)23(15)7-9-3-1-5-24-9/h2,4,6,9H,1,3,5,7-8H2,(H4,16,17,18,19,20). The summed E-state index contributed by atoms with van der Waals surface area (Å²) < 4.78 is 7.91. The van der Waals surface area contributed by atoms with Gasteiger partial charge in [-0.15, -0.1) is 21.5 Å². The van der Waals surface area contributed by atoms with Crippen LogP contribution in [0.15, 0.2) is 22.7 Å². The number of nitrogens with two attached hydrogens (primary N) is 2. The summed E-state index contributed by atoms with van der Waals surface area (Å²) in [6, 6.07) is 4.05. The van der Waals surface area contributed by atoms with E-state index in [1.807, 2.05) is 17.5 Å². The van der Waals surface area contributed by atoms with E-state index in [2.05, 4.69) is 29.7 Å². The Morgan fingerprint density at radius 1 is 1.23 bits per heavy atom. The predicted octanol–water partition coefficient (Wildman–Crippen LogP) is 1.83. The van der Waals surface area contributed by atoms with E-state index in [0.29, 0.717) is 11.6 Å². The molecular formula is C15H18N8OS2. The topological polar surface area (TPSA) is 131 Å². The van der Waals surface area contributed by atoms with Crippen molar-refractivity contribution in [3.8, 4) is 10.7 Å². The van der Waals surface area contributed by atoms with Crippen molar-refractivity contribution in [1.82, 2.24) is 29.7 Å². The molecule has 0 bridgehead atoms. The fourth-order valence-electron chi connectivity index (χ4n) is 2.79. The van der Waals surface area contributed by atoms with Crippen LogP contribution in [0.5, 0.6) is 0 Å². The Kier molecular flexibility index (Phi) is 5.00. The molecule has 0 radical (unpaired) electrons. The molecule has 136 valence electrons. The summed E-state index contributed by atoms with van der Waals surface area (Å²) in [5, 5.41) is 11.6. The third-order valence-corrected chi connectivity index (χ3v) is 5.74. The third kappa shape index (κ3) is 3.79. The maximum Gasteiger partial charge on any atom is 0.225 e. The van der Waals surface area contributed by atoms with E-state index in [9.17, 15) is 0 Å². The van der Waals surface area contributed by atoms with Crippen LogP contribution in [0, 0.1) is 0 Å². The molecule has 0 aromatic carbocycles. The van der Waals surface area contributed by atoms with Gasteiger partial charge in [0, 0.05) is 6.61 Å². The molecule has 0 spiro atoms. The number of ether oxygens (including phenoxy) is 1. The lowest BCUT2D eigenvalue weighted by atomic mass is 10.2. The number of hydrogen-bond donors (Lipinski definition) is 2. The Hall–Kier alpha value is -2.24. The van der Waals surface area contributed by atoms with Gasteiger partial charge in [0.2, 0.25) is 11.9 Å². The molecule has 4 rings (SSSR count).